The molecule has 0 aromatic heterocycles. The molecule has 0 atom stereocenters. The summed E-state index contributed by atoms with van der Waals surface area (Å²) in [6.45, 7) is 1.68. The van der Waals surface area contributed by atoms with E-state index in [1.807, 2.05) is 14.1 Å². The van der Waals surface area contributed by atoms with E-state index in [0.29, 0.717) is 19.0 Å². The Hall–Kier alpha value is -1.05. The first-order valence-electron chi connectivity index (χ1n) is 7.41. The Morgan fingerprint density at radius 2 is 1.86 bits per heavy atom. The molecule has 1 aliphatic heterocycles. The zero-order valence-electron chi connectivity index (χ0n) is 12.9. The predicted octanol–water partition coefficient (Wildman–Crippen LogP) is 2.32. The van der Waals surface area contributed by atoms with Crippen LogP contribution in [0.4, 0.5) is 8.78 Å². The van der Waals surface area contributed by atoms with Gasteiger partial charge in [-0.25, -0.2) is 17.2 Å². The molecule has 1 aliphatic rings. The summed E-state index contributed by atoms with van der Waals surface area (Å²) in [4.78, 5) is 1.53. The van der Waals surface area contributed by atoms with Gasteiger partial charge in [-0.15, -0.1) is 0 Å². The molecule has 0 bridgehead atoms. The van der Waals surface area contributed by atoms with Crippen LogP contribution in [0.3, 0.4) is 0 Å². The van der Waals surface area contributed by atoms with Crippen molar-refractivity contribution in [2.24, 2.45) is 5.92 Å². The third-order valence-corrected chi connectivity index (χ3v) is 6.01. The third kappa shape index (κ3) is 3.83. The maximum Gasteiger partial charge on any atom is 0.246 e. The third-order valence-electron chi connectivity index (χ3n) is 4.09. The van der Waals surface area contributed by atoms with Gasteiger partial charge in [0, 0.05) is 13.1 Å². The SMILES string of the molecule is CN(C)CCC1CCN(S(=O)(=O)c2cccc(F)c2F)CC1. The number of sulfonamides is 1. The van der Waals surface area contributed by atoms with Crippen LogP contribution >= 0.6 is 0 Å². The first-order chi connectivity index (χ1) is 10.3. The van der Waals surface area contributed by atoms with E-state index in [1.165, 1.54) is 10.4 Å². The van der Waals surface area contributed by atoms with Gasteiger partial charge in [-0.2, -0.15) is 4.31 Å². The largest absolute Gasteiger partial charge is 0.309 e. The topological polar surface area (TPSA) is 40.6 Å². The van der Waals surface area contributed by atoms with Gasteiger partial charge in [-0.3, -0.25) is 0 Å². The van der Waals surface area contributed by atoms with Crippen LogP contribution in [0, 0.1) is 17.6 Å². The first kappa shape index (κ1) is 17.3. The smallest absolute Gasteiger partial charge is 0.246 e. The van der Waals surface area contributed by atoms with E-state index in [2.05, 4.69) is 4.90 Å². The fourth-order valence-electron chi connectivity index (χ4n) is 2.70. The van der Waals surface area contributed by atoms with Gasteiger partial charge in [0.2, 0.25) is 10.0 Å². The lowest BCUT2D eigenvalue weighted by Gasteiger charge is -2.31. The van der Waals surface area contributed by atoms with Crippen molar-refractivity contribution in [3.63, 3.8) is 0 Å². The van der Waals surface area contributed by atoms with Crippen molar-refractivity contribution in [3.8, 4) is 0 Å². The zero-order chi connectivity index (χ0) is 16.3. The second-order valence-corrected chi connectivity index (χ2v) is 7.90. The normalized spacial score (nSPS) is 18.0. The quantitative estimate of drug-likeness (QED) is 0.831. The van der Waals surface area contributed by atoms with Crippen molar-refractivity contribution in [1.29, 1.82) is 0 Å². The Balaban J connectivity index is 2.05. The van der Waals surface area contributed by atoms with E-state index < -0.39 is 26.6 Å². The van der Waals surface area contributed by atoms with Crippen molar-refractivity contribution in [2.75, 3.05) is 33.7 Å². The van der Waals surface area contributed by atoms with Crippen LogP contribution in [-0.2, 0) is 10.0 Å². The Morgan fingerprint density at radius 3 is 2.45 bits per heavy atom. The highest BCUT2D eigenvalue weighted by Crippen LogP contribution is 2.27. The van der Waals surface area contributed by atoms with Gasteiger partial charge in [0.1, 0.15) is 4.90 Å². The average Bonchev–Trinajstić information content (AvgIpc) is 2.48. The molecule has 0 radical (unpaired) electrons. The molecule has 1 saturated heterocycles. The Labute approximate surface area is 130 Å². The van der Waals surface area contributed by atoms with Gasteiger partial charge in [-0.1, -0.05) is 6.07 Å². The highest BCUT2D eigenvalue weighted by Gasteiger charge is 2.32. The van der Waals surface area contributed by atoms with Crippen molar-refractivity contribution in [3.05, 3.63) is 29.8 Å². The molecule has 0 N–H and O–H groups in total. The van der Waals surface area contributed by atoms with Gasteiger partial charge in [-0.05, 0) is 58.0 Å². The fraction of sp³-hybridized carbons (Fsp3) is 0.600. The molecule has 1 fully saturated rings. The standard InChI is InChI=1S/C15H22F2N2O2S/c1-18(2)9-6-12-7-10-19(11-8-12)22(20,21)14-5-3-4-13(16)15(14)17/h3-5,12H,6-11H2,1-2H3. The number of halogens is 2. The highest BCUT2D eigenvalue weighted by molar-refractivity contribution is 7.89. The van der Waals surface area contributed by atoms with Crippen LogP contribution in [0.2, 0.25) is 0 Å². The molecule has 2 rings (SSSR count). The molecule has 0 spiro atoms. The summed E-state index contributed by atoms with van der Waals surface area (Å²) in [5.74, 6) is -1.95. The predicted molar refractivity (Wildman–Crippen MR) is 81.0 cm³/mol. The molecule has 7 heteroatoms. The van der Waals surface area contributed by atoms with Crippen LogP contribution in [0.1, 0.15) is 19.3 Å². The van der Waals surface area contributed by atoms with Crippen LogP contribution in [0.25, 0.3) is 0 Å². The number of rotatable bonds is 5. The average molecular weight is 332 g/mol. The number of benzene rings is 1. The summed E-state index contributed by atoms with van der Waals surface area (Å²) < 4.78 is 53.2. The minimum absolute atomic E-state index is 0.358. The second kappa shape index (κ2) is 7.02. The second-order valence-electron chi connectivity index (χ2n) is 5.99. The van der Waals surface area contributed by atoms with Crippen molar-refractivity contribution < 1.29 is 17.2 Å². The summed E-state index contributed by atoms with van der Waals surface area (Å²) >= 11 is 0. The lowest BCUT2D eigenvalue weighted by Crippen LogP contribution is -2.39. The van der Waals surface area contributed by atoms with Crippen molar-refractivity contribution in [2.45, 2.75) is 24.2 Å². The van der Waals surface area contributed by atoms with Gasteiger partial charge >= 0.3 is 0 Å². The Kier molecular flexibility index (Phi) is 5.52. The molecular weight excluding hydrogens is 310 g/mol. The van der Waals surface area contributed by atoms with Gasteiger partial charge in [0.15, 0.2) is 11.6 Å². The van der Waals surface area contributed by atoms with Crippen LogP contribution in [0.15, 0.2) is 23.1 Å². The van der Waals surface area contributed by atoms with E-state index in [-0.39, 0.29) is 0 Å². The van der Waals surface area contributed by atoms with Gasteiger partial charge < -0.3 is 4.90 Å². The molecule has 124 valence electrons. The molecule has 22 heavy (non-hydrogen) atoms. The molecule has 1 aromatic rings. The number of hydrogen-bond acceptors (Lipinski definition) is 3. The lowest BCUT2D eigenvalue weighted by atomic mass is 9.94. The minimum Gasteiger partial charge on any atom is -0.309 e. The summed E-state index contributed by atoms with van der Waals surface area (Å²) in [5, 5.41) is 0. The van der Waals surface area contributed by atoms with Crippen molar-refractivity contribution in [1.82, 2.24) is 9.21 Å². The Morgan fingerprint density at radius 1 is 1.23 bits per heavy atom. The summed E-state index contributed by atoms with van der Waals surface area (Å²) in [6, 6.07) is 3.25. The molecule has 4 nitrogen and oxygen atoms in total. The van der Waals surface area contributed by atoms with Crippen molar-refractivity contribution >= 4 is 10.0 Å². The molecule has 0 aliphatic carbocycles. The summed E-state index contributed by atoms with van der Waals surface area (Å²) in [5.41, 5.74) is 0. The molecular formula is C15H22F2N2O2S. The maximum atomic E-state index is 13.8. The van der Waals surface area contributed by atoms with Gasteiger partial charge in [0.25, 0.3) is 0 Å². The van der Waals surface area contributed by atoms with Gasteiger partial charge in [0.05, 0.1) is 0 Å². The fourth-order valence-corrected chi connectivity index (χ4v) is 4.25. The molecule has 0 saturated carbocycles. The van der Waals surface area contributed by atoms with E-state index in [0.717, 1.165) is 37.9 Å². The summed E-state index contributed by atoms with van der Waals surface area (Å²) in [7, 11) is 0.0505. The maximum absolute atomic E-state index is 13.8. The monoisotopic (exact) mass is 332 g/mol. The highest BCUT2D eigenvalue weighted by atomic mass is 32.2. The molecule has 0 amide bonds. The van der Waals surface area contributed by atoms with Crippen LogP contribution in [0.5, 0.6) is 0 Å². The first-order valence-corrected chi connectivity index (χ1v) is 8.85. The van der Waals surface area contributed by atoms with E-state index in [1.54, 1.807) is 0 Å². The summed E-state index contributed by atoms with van der Waals surface area (Å²) in [6.07, 6.45) is 2.53. The van der Waals surface area contributed by atoms with E-state index in [9.17, 15) is 17.2 Å². The van der Waals surface area contributed by atoms with E-state index in [4.69, 9.17) is 0 Å². The number of nitrogens with zero attached hydrogens (tertiary/aromatic N) is 2. The molecule has 0 unspecified atom stereocenters. The molecule has 1 aromatic carbocycles. The molecule has 1 heterocycles. The van der Waals surface area contributed by atoms with Crippen LogP contribution < -0.4 is 0 Å². The zero-order valence-corrected chi connectivity index (χ0v) is 13.7. The minimum atomic E-state index is -3.96. The number of piperidine rings is 1. The lowest BCUT2D eigenvalue weighted by molar-refractivity contribution is 0.243. The Bertz CT molecular complexity index is 612. The number of hydrogen-bond donors (Lipinski definition) is 0. The van der Waals surface area contributed by atoms with E-state index >= 15 is 0 Å². The van der Waals surface area contributed by atoms with Crippen LogP contribution in [-0.4, -0.2) is 51.4 Å².